The van der Waals surface area contributed by atoms with Crippen LogP contribution in [0.5, 0.6) is 5.75 Å². The summed E-state index contributed by atoms with van der Waals surface area (Å²) >= 11 is 5.95. The number of nitrogens with one attached hydrogen (secondary N) is 3. The number of ether oxygens (including phenoxy) is 1. The Morgan fingerprint density at radius 1 is 1.15 bits per heavy atom. The zero-order chi connectivity index (χ0) is 23.5. The van der Waals surface area contributed by atoms with E-state index in [9.17, 15) is 4.79 Å². The van der Waals surface area contributed by atoms with Crippen molar-refractivity contribution in [1.29, 1.82) is 0 Å². The van der Waals surface area contributed by atoms with Gasteiger partial charge in [0.2, 0.25) is 0 Å². The number of aromatic nitrogens is 3. The van der Waals surface area contributed by atoms with Gasteiger partial charge in [0.1, 0.15) is 5.75 Å². The Labute approximate surface area is 202 Å². The van der Waals surface area contributed by atoms with Crippen LogP contribution in [0.15, 0.2) is 67.0 Å². The summed E-state index contributed by atoms with van der Waals surface area (Å²) in [5.41, 5.74) is 3.71. The second kappa shape index (κ2) is 9.61. The first-order valence-electron chi connectivity index (χ1n) is 11.1. The number of hydrogen-bond donors (Lipinski definition) is 3. The van der Waals surface area contributed by atoms with Crippen LogP contribution in [-0.4, -0.2) is 47.5 Å². The van der Waals surface area contributed by atoms with E-state index in [0.717, 1.165) is 35.2 Å². The first-order valence-corrected chi connectivity index (χ1v) is 11.5. The standard InChI is InChI=1S/C25H25ClN6O2/c1-34-18-9-10-21(27-13-18)20-15-32(24-4-2-3-23-19(24)14-28-31-23)12-11-22(20)30-25(33)29-17-7-5-16(26)6-8-17/h2-10,13-14,20,22H,11-12,15H2,1H3,(H,28,31)(H2,29,30,33). The summed E-state index contributed by atoms with van der Waals surface area (Å²) in [4.78, 5) is 19.8. The van der Waals surface area contributed by atoms with Crippen molar-refractivity contribution >= 4 is 39.9 Å². The molecule has 0 radical (unpaired) electrons. The van der Waals surface area contributed by atoms with E-state index < -0.39 is 0 Å². The Morgan fingerprint density at radius 3 is 2.76 bits per heavy atom. The van der Waals surface area contributed by atoms with Gasteiger partial charge in [-0.2, -0.15) is 5.10 Å². The highest BCUT2D eigenvalue weighted by atomic mass is 35.5. The van der Waals surface area contributed by atoms with Gasteiger partial charge in [0.15, 0.2) is 0 Å². The van der Waals surface area contributed by atoms with Gasteiger partial charge in [-0.1, -0.05) is 17.7 Å². The third-order valence-corrected chi connectivity index (χ3v) is 6.46. The summed E-state index contributed by atoms with van der Waals surface area (Å²) in [6.07, 6.45) is 4.34. The molecule has 34 heavy (non-hydrogen) atoms. The largest absolute Gasteiger partial charge is 0.495 e. The number of aromatic amines is 1. The highest BCUT2D eigenvalue weighted by molar-refractivity contribution is 6.30. The van der Waals surface area contributed by atoms with Crippen molar-refractivity contribution < 1.29 is 9.53 Å². The molecule has 2 aromatic heterocycles. The number of urea groups is 1. The highest BCUT2D eigenvalue weighted by Gasteiger charge is 2.33. The van der Waals surface area contributed by atoms with E-state index in [1.54, 1.807) is 37.6 Å². The summed E-state index contributed by atoms with van der Waals surface area (Å²) in [7, 11) is 1.62. The summed E-state index contributed by atoms with van der Waals surface area (Å²) in [5.74, 6) is 0.683. The van der Waals surface area contributed by atoms with Gasteiger partial charge in [-0.05, 0) is 55.0 Å². The highest BCUT2D eigenvalue weighted by Crippen LogP contribution is 2.33. The van der Waals surface area contributed by atoms with E-state index >= 15 is 0 Å². The van der Waals surface area contributed by atoms with Crippen LogP contribution in [0.1, 0.15) is 18.0 Å². The molecule has 0 bridgehead atoms. The minimum absolute atomic E-state index is 0.0159. The fourth-order valence-corrected chi connectivity index (χ4v) is 4.60. The van der Waals surface area contributed by atoms with Gasteiger partial charge >= 0.3 is 6.03 Å². The number of halogens is 1. The first-order chi connectivity index (χ1) is 16.6. The van der Waals surface area contributed by atoms with Gasteiger partial charge in [-0.15, -0.1) is 0 Å². The molecule has 5 rings (SSSR count). The molecular formula is C25H25ClN6O2. The van der Waals surface area contributed by atoms with E-state index in [4.69, 9.17) is 16.3 Å². The van der Waals surface area contributed by atoms with Crippen LogP contribution < -0.4 is 20.3 Å². The zero-order valence-corrected chi connectivity index (χ0v) is 19.4. The van der Waals surface area contributed by atoms with Crippen LogP contribution in [0, 0.1) is 0 Å². The van der Waals surface area contributed by atoms with E-state index in [-0.39, 0.29) is 18.0 Å². The van der Waals surface area contributed by atoms with Crippen LogP contribution in [0.25, 0.3) is 10.9 Å². The Hall–Kier alpha value is -3.78. The van der Waals surface area contributed by atoms with Gasteiger partial charge in [0.05, 0.1) is 25.0 Å². The van der Waals surface area contributed by atoms with Crippen molar-refractivity contribution in [2.45, 2.75) is 18.4 Å². The Morgan fingerprint density at radius 2 is 2.00 bits per heavy atom. The number of piperidine rings is 1. The number of carbonyl (C=O) groups is 1. The van der Waals surface area contributed by atoms with E-state index in [0.29, 0.717) is 23.0 Å². The molecule has 4 aromatic rings. The number of benzene rings is 2. The van der Waals surface area contributed by atoms with Crippen LogP contribution >= 0.6 is 11.6 Å². The molecule has 3 heterocycles. The lowest BCUT2D eigenvalue weighted by Crippen LogP contribution is -2.51. The maximum Gasteiger partial charge on any atom is 0.319 e. The van der Waals surface area contributed by atoms with Crippen molar-refractivity contribution in [2.75, 3.05) is 30.4 Å². The molecule has 9 heteroatoms. The lowest BCUT2D eigenvalue weighted by molar-refractivity contribution is 0.243. The lowest BCUT2D eigenvalue weighted by atomic mass is 9.88. The van der Waals surface area contributed by atoms with Gasteiger partial charge in [0, 0.05) is 52.5 Å². The number of fused-ring (bicyclic) bond motifs is 1. The van der Waals surface area contributed by atoms with Gasteiger partial charge in [-0.25, -0.2) is 4.79 Å². The molecule has 0 aliphatic carbocycles. The molecule has 0 spiro atoms. The van der Waals surface area contributed by atoms with Crippen molar-refractivity contribution in [1.82, 2.24) is 20.5 Å². The fraction of sp³-hybridized carbons (Fsp3) is 0.240. The molecule has 1 aliphatic rings. The van der Waals surface area contributed by atoms with Crippen molar-refractivity contribution in [3.8, 4) is 5.75 Å². The molecule has 2 atom stereocenters. The SMILES string of the molecule is COc1ccc(C2CN(c3cccc4[nH]ncc34)CCC2NC(=O)Nc2ccc(Cl)cc2)nc1. The van der Waals surface area contributed by atoms with Crippen LogP contribution in [0.2, 0.25) is 5.02 Å². The maximum absolute atomic E-state index is 12.8. The number of amides is 2. The molecule has 2 amide bonds. The number of anilines is 2. The zero-order valence-electron chi connectivity index (χ0n) is 18.7. The average Bonchev–Trinajstić information content (AvgIpc) is 3.35. The van der Waals surface area contributed by atoms with Gasteiger partial charge in [0.25, 0.3) is 0 Å². The number of nitrogens with zero attached hydrogens (tertiary/aromatic N) is 3. The lowest BCUT2D eigenvalue weighted by Gasteiger charge is -2.40. The second-order valence-electron chi connectivity index (χ2n) is 8.28. The monoisotopic (exact) mass is 476 g/mol. The minimum atomic E-state index is -0.253. The second-order valence-corrected chi connectivity index (χ2v) is 8.72. The number of rotatable bonds is 5. The third-order valence-electron chi connectivity index (χ3n) is 6.21. The van der Waals surface area contributed by atoms with Crippen LogP contribution in [-0.2, 0) is 0 Å². The number of methoxy groups -OCH3 is 1. The number of H-pyrrole nitrogens is 1. The van der Waals surface area contributed by atoms with E-state index in [1.165, 1.54) is 0 Å². The molecule has 1 aliphatic heterocycles. The molecule has 1 fully saturated rings. The molecule has 174 valence electrons. The molecule has 2 aromatic carbocycles. The quantitative estimate of drug-likeness (QED) is 0.384. The van der Waals surface area contributed by atoms with Crippen molar-refractivity contribution in [3.63, 3.8) is 0 Å². The van der Waals surface area contributed by atoms with E-state index in [2.05, 4.69) is 36.8 Å². The van der Waals surface area contributed by atoms with Gasteiger partial charge < -0.3 is 20.3 Å². The normalized spacial score (nSPS) is 18.0. The molecule has 0 saturated carbocycles. The number of pyridine rings is 1. The first kappa shape index (κ1) is 22.0. The molecule has 8 nitrogen and oxygen atoms in total. The fourth-order valence-electron chi connectivity index (χ4n) is 4.47. The summed E-state index contributed by atoms with van der Waals surface area (Å²) < 4.78 is 5.28. The number of carbonyl (C=O) groups excluding carboxylic acids is 1. The smallest absolute Gasteiger partial charge is 0.319 e. The average molecular weight is 477 g/mol. The number of hydrogen-bond acceptors (Lipinski definition) is 5. The third kappa shape index (κ3) is 4.63. The summed E-state index contributed by atoms with van der Waals surface area (Å²) in [6.45, 7) is 1.50. The van der Waals surface area contributed by atoms with Crippen molar-refractivity contribution in [2.24, 2.45) is 0 Å². The topological polar surface area (TPSA) is 95.2 Å². The molecule has 2 unspecified atom stereocenters. The Bertz CT molecular complexity index is 1270. The van der Waals surface area contributed by atoms with Crippen LogP contribution in [0.3, 0.4) is 0 Å². The van der Waals surface area contributed by atoms with Gasteiger partial charge in [-0.3, -0.25) is 10.1 Å². The minimum Gasteiger partial charge on any atom is -0.495 e. The molecular weight excluding hydrogens is 452 g/mol. The predicted octanol–water partition coefficient (Wildman–Crippen LogP) is 4.80. The predicted molar refractivity (Wildman–Crippen MR) is 134 cm³/mol. The summed E-state index contributed by atoms with van der Waals surface area (Å²) in [6, 6.07) is 16.7. The van der Waals surface area contributed by atoms with Crippen molar-refractivity contribution in [3.05, 3.63) is 77.7 Å². The Balaban J connectivity index is 1.38. The van der Waals surface area contributed by atoms with E-state index in [1.807, 2.05) is 30.5 Å². The van der Waals surface area contributed by atoms with Crippen LogP contribution in [0.4, 0.5) is 16.2 Å². The molecule has 1 saturated heterocycles. The summed E-state index contributed by atoms with van der Waals surface area (Å²) in [5, 5.41) is 15.0. The maximum atomic E-state index is 12.8. The molecule has 3 N–H and O–H groups in total. The Kier molecular flexibility index (Phi) is 6.22.